The van der Waals surface area contributed by atoms with Crippen molar-refractivity contribution >= 4 is 17.9 Å². The Balaban J connectivity index is 4.28. The molecule has 0 aliphatic carbocycles. The molecule has 0 fully saturated rings. The minimum Gasteiger partial charge on any atom is -0.477 e. The molecule has 0 saturated heterocycles. The lowest BCUT2D eigenvalue weighted by Gasteiger charge is -2.31. The Labute approximate surface area is 370 Å². The standard InChI is InChI=1S/C52H95NO7/c1-6-8-10-12-14-16-18-20-22-24-26-28-30-32-34-36-38-40-42-50(54)59-47-48(46-58-45-44-49(52(56)57)53(3,4)5)60-51(55)43-41-39-37-35-33-31-29-27-25-23-21-19-17-15-13-11-9-7-2/h17,19,22-25,48-49H,6-16,18,20-21,26-47H2,1-5H3/p+1/b19-17-,24-22-,25-23-. The predicted octanol–water partition coefficient (Wildman–Crippen LogP) is 14.2. The predicted molar refractivity (Wildman–Crippen MR) is 252 cm³/mol. The molecule has 0 aliphatic heterocycles. The fraction of sp³-hybridized carbons (Fsp3) is 0.827. The molecule has 8 heteroatoms. The van der Waals surface area contributed by atoms with Gasteiger partial charge in [0, 0.05) is 19.3 Å². The second kappa shape index (κ2) is 43.2. The van der Waals surface area contributed by atoms with E-state index in [1.54, 1.807) is 0 Å². The second-order valence-electron chi connectivity index (χ2n) is 18.1. The van der Waals surface area contributed by atoms with Crippen molar-refractivity contribution in [1.29, 1.82) is 0 Å². The highest BCUT2D eigenvalue weighted by Gasteiger charge is 2.31. The number of hydrogen-bond donors (Lipinski definition) is 1. The van der Waals surface area contributed by atoms with Crippen LogP contribution in [0.25, 0.3) is 0 Å². The number of carbonyl (C=O) groups is 3. The normalized spacial score (nSPS) is 13.2. The average Bonchev–Trinajstić information content (AvgIpc) is 3.21. The van der Waals surface area contributed by atoms with E-state index in [-0.39, 0.29) is 36.2 Å². The molecule has 0 radical (unpaired) electrons. The van der Waals surface area contributed by atoms with Gasteiger partial charge in [0.05, 0.1) is 34.4 Å². The molecule has 1 N–H and O–H groups in total. The SMILES string of the molecule is CCCCCC/C=C\C/C=C\CCCCCCCCCC(=O)OC(COCCC(C(=O)O)[N+](C)(C)C)COC(=O)CCCCCCCCC/C=C\CCCCCCCCC. The van der Waals surface area contributed by atoms with E-state index in [0.717, 1.165) is 51.4 Å². The van der Waals surface area contributed by atoms with E-state index >= 15 is 0 Å². The summed E-state index contributed by atoms with van der Waals surface area (Å²) >= 11 is 0. The molecule has 0 bridgehead atoms. The molecule has 0 rings (SSSR count). The van der Waals surface area contributed by atoms with Gasteiger partial charge in [-0.25, -0.2) is 4.79 Å². The third-order valence-electron chi connectivity index (χ3n) is 11.3. The van der Waals surface area contributed by atoms with E-state index in [1.165, 1.54) is 141 Å². The lowest BCUT2D eigenvalue weighted by molar-refractivity contribution is -0.887. The number of carboxylic acids is 1. The van der Waals surface area contributed by atoms with Crippen LogP contribution in [-0.4, -0.2) is 80.6 Å². The molecule has 2 unspecified atom stereocenters. The van der Waals surface area contributed by atoms with Crippen LogP contribution in [-0.2, 0) is 28.6 Å². The number of hydrogen-bond acceptors (Lipinski definition) is 6. The van der Waals surface area contributed by atoms with Gasteiger partial charge in [-0.05, 0) is 70.6 Å². The van der Waals surface area contributed by atoms with Crippen LogP contribution < -0.4 is 0 Å². The summed E-state index contributed by atoms with van der Waals surface area (Å²) in [6.07, 6.45) is 50.4. The van der Waals surface area contributed by atoms with Crippen LogP contribution in [0.4, 0.5) is 0 Å². The quantitative estimate of drug-likeness (QED) is 0.0282. The maximum Gasteiger partial charge on any atom is 0.362 e. The molecular formula is C52H96NO7+. The third-order valence-corrected chi connectivity index (χ3v) is 11.3. The first kappa shape index (κ1) is 57.5. The van der Waals surface area contributed by atoms with Gasteiger partial charge < -0.3 is 23.8 Å². The zero-order valence-electron chi connectivity index (χ0n) is 39.9. The molecule has 0 aromatic rings. The van der Waals surface area contributed by atoms with Gasteiger partial charge in [-0.2, -0.15) is 0 Å². The largest absolute Gasteiger partial charge is 0.477 e. The topological polar surface area (TPSA) is 99.1 Å². The molecule has 2 atom stereocenters. The van der Waals surface area contributed by atoms with E-state index in [1.807, 2.05) is 21.1 Å². The molecular weight excluding hydrogens is 751 g/mol. The van der Waals surface area contributed by atoms with Gasteiger partial charge in [0.25, 0.3) is 0 Å². The number of likely N-dealkylation sites (N-methyl/N-ethyl adjacent to an activating group) is 1. The summed E-state index contributed by atoms with van der Waals surface area (Å²) in [7, 11) is 5.53. The molecule has 0 aromatic heterocycles. The van der Waals surface area contributed by atoms with Gasteiger partial charge >= 0.3 is 17.9 Å². The fourth-order valence-corrected chi connectivity index (χ4v) is 7.35. The number of aliphatic carboxylic acids is 1. The highest BCUT2D eigenvalue weighted by Crippen LogP contribution is 2.15. The Kier molecular flexibility index (Phi) is 41.4. The highest BCUT2D eigenvalue weighted by atomic mass is 16.6. The first-order chi connectivity index (χ1) is 29.1. The van der Waals surface area contributed by atoms with Gasteiger partial charge in [-0.15, -0.1) is 0 Å². The number of carboxylic acid groups (broad SMARTS) is 1. The zero-order valence-corrected chi connectivity index (χ0v) is 39.9. The van der Waals surface area contributed by atoms with Crippen molar-refractivity contribution in [2.24, 2.45) is 0 Å². The Morgan fingerprint density at radius 3 is 1.32 bits per heavy atom. The first-order valence-electron chi connectivity index (χ1n) is 25.0. The van der Waals surface area contributed by atoms with E-state index in [2.05, 4.69) is 50.3 Å². The fourth-order valence-electron chi connectivity index (χ4n) is 7.35. The molecule has 0 spiro atoms. The Hall–Kier alpha value is -2.45. The van der Waals surface area contributed by atoms with Gasteiger partial charge in [0.1, 0.15) is 6.61 Å². The van der Waals surface area contributed by atoms with Crippen LogP contribution in [0.1, 0.15) is 226 Å². The van der Waals surface area contributed by atoms with Crippen molar-refractivity contribution in [2.75, 3.05) is 41.0 Å². The number of esters is 2. The van der Waals surface area contributed by atoms with Crippen LogP contribution in [0.15, 0.2) is 36.5 Å². The number of nitrogens with zero attached hydrogens (tertiary/aromatic N) is 1. The summed E-state index contributed by atoms with van der Waals surface area (Å²) in [5.41, 5.74) is 0. The molecule has 60 heavy (non-hydrogen) atoms. The van der Waals surface area contributed by atoms with E-state index in [0.29, 0.717) is 19.3 Å². The molecule has 8 nitrogen and oxygen atoms in total. The molecule has 0 aromatic carbocycles. The minimum atomic E-state index is -0.876. The smallest absolute Gasteiger partial charge is 0.362 e. The summed E-state index contributed by atoms with van der Waals surface area (Å²) < 4.78 is 17.3. The van der Waals surface area contributed by atoms with E-state index in [9.17, 15) is 19.5 Å². The van der Waals surface area contributed by atoms with Crippen molar-refractivity contribution in [2.45, 2.75) is 238 Å². The molecule has 0 saturated carbocycles. The van der Waals surface area contributed by atoms with Crippen molar-refractivity contribution in [1.82, 2.24) is 0 Å². The maximum atomic E-state index is 12.8. The van der Waals surface area contributed by atoms with Gasteiger partial charge in [-0.3, -0.25) is 9.59 Å². The summed E-state index contributed by atoms with van der Waals surface area (Å²) in [5, 5.41) is 9.64. The number of allylic oxidation sites excluding steroid dienone is 6. The number of carbonyl (C=O) groups excluding carboxylic acids is 2. The molecule has 0 heterocycles. The Morgan fingerprint density at radius 2 is 0.883 bits per heavy atom. The van der Waals surface area contributed by atoms with Crippen molar-refractivity contribution in [3.05, 3.63) is 36.5 Å². The van der Waals surface area contributed by atoms with Gasteiger partial charge in [-0.1, -0.05) is 172 Å². The van der Waals surface area contributed by atoms with Crippen molar-refractivity contribution in [3.8, 4) is 0 Å². The number of rotatable bonds is 45. The van der Waals surface area contributed by atoms with Gasteiger partial charge in [0.15, 0.2) is 12.1 Å². The summed E-state index contributed by atoms with van der Waals surface area (Å²) in [6.45, 7) is 4.73. The minimum absolute atomic E-state index is 0.0548. The lowest BCUT2D eigenvalue weighted by atomic mass is 10.1. The van der Waals surface area contributed by atoms with Crippen LogP contribution in [0.3, 0.4) is 0 Å². The highest BCUT2D eigenvalue weighted by molar-refractivity contribution is 5.72. The number of quaternary nitrogens is 1. The van der Waals surface area contributed by atoms with E-state index < -0.39 is 18.1 Å². The van der Waals surface area contributed by atoms with Crippen molar-refractivity contribution < 1.29 is 38.2 Å². The first-order valence-corrected chi connectivity index (χ1v) is 25.0. The van der Waals surface area contributed by atoms with Crippen LogP contribution in [0.2, 0.25) is 0 Å². The van der Waals surface area contributed by atoms with Crippen LogP contribution in [0.5, 0.6) is 0 Å². The molecule has 0 amide bonds. The summed E-state index contributed by atoms with van der Waals surface area (Å²) in [5.74, 6) is -1.47. The monoisotopic (exact) mass is 847 g/mol. The van der Waals surface area contributed by atoms with Crippen LogP contribution in [0, 0.1) is 0 Å². The van der Waals surface area contributed by atoms with E-state index in [4.69, 9.17) is 14.2 Å². The Morgan fingerprint density at radius 1 is 0.500 bits per heavy atom. The van der Waals surface area contributed by atoms with Gasteiger partial charge in [0.2, 0.25) is 0 Å². The molecule has 0 aliphatic rings. The summed E-state index contributed by atoms with van der Waals surface area (Å²) in [4.78, 5) is 37.1. The Bertz CT molecular complexity index is 1080. The van der Waals surface area contributed by atoms with Crippen molar-refractivity contribution in [3.63, 3.8) is 0 Å². The zero-order chi connectivity index (χ0) is 44.2. The third kappa shape index (κ3) is 40.9. The molecule has 350 valence electrons. The number of unbranched alkanes of at least 4 members (excludes halogenated alkanes) is 25. The number of ether oxygens (including phenoxy) is 3. The average molecular weight is 847 g/mol. The summed E-state index contributed by atoms with van der Waals surface area (Å²) in [6, 6.07) is -0.616. The second-order valence-corrected chi connectivity index (χ2v) is 18.1. The van der Waals surface area contributed by atoms with Crippen LogP contribution >= 0.6 is 0 Å². The maximum absolute atomic E-state index is 12.8. The lowest BCUT2D eigenvalue weighted by Crippen LogP contribution is -2.50.